The maximum atomic E-state index is 13.0. The van der Waals surface area contributed by atoms with Crippen molar-refractivity contribution in [1.29, 1.82) is 0 Å². The SMILES string of the molecule is CCN(CC)S(=O)(=O)c1cccc(C(=O)N(C)[C@H]2CCN(C(=O)OC(C)(C)C)C2)c1. The van der Waals surface area contributed by atoms with Crippen LogP contribution in [-0.4, -0.2) is 79.4 Å². The third-order valence-electron chi connectivity index (χ3n) is 5.11. The zero-order valence-electron chi connectivity index (χ0n) is 18.7. The topological polar surface area (TPSA) is 87.2 Å². The Morgan fingerprint density at radius 1 is 1.20 bits per heavy atom. The van der Waals surface area contributed by atoms with Gasteiger partial charge in [-0.3, -0.25) is 4.79 Å². The van der Waals surface area contributed by atoms with Crippen molar-refractivity contribution in [3.05, 3.63) is 29.8 Å². The molecule has 0 radical (unpaired) electrons. The third kappa shape index (κ3) is 5.51. The number of carbonyl (C=O) groups excluding carboxylic acids is 2. The second-order valence-electron chi connectivity index (χ2n) is 8.40. The molecule has 2 amide bonds. The summed E-state index contributed by atoms with van der Waals surface area (Å²) in [6.07, 6.45) is 0.247. The molecule has 8 nitrogen and oxygen atoms in total. The molecule has 1 heterocycles. The molecule has 9 heteroatoms. The van der Waals surface area contributed by atoms with Gasteiger partial charge in [0.25, 0.3) is 5.91 Å². The van der Waals surface area contributed by atoms with Crippen molar-refractivity contribution in [2.75, 3.05) is 33.2 Å². The second-order valence-corrected chi connectivity index (χ2v) is 10.3. The zero-order chi connectivity index (χ0) is 22.7. The summed E-state index contributed by atoms with van der Waals surface area (Å²) in [5.74, 6) is -0.275. The average molecular weight is 440 g/mol. The van der Waals surface area contributed by atoms with Gasteiger partial charge in [0.15, 0.2) is 0 Å². The molecule has 30 heavy (non-hydrogen) atoms. The number of hydrogen-bond donors (Lipinski definition) is 0. The number of rotatable bonds is 6. The predicted octanol–water partition coefficient (Wildman–Crippen LogP) is 2.80. The molecule has 168 valence electrons. The van der Waals surface area contributed by atoms with E-state index in [0.717, 1.165) is 0 Å². The average Bonchev–Trinajstić information content (AvgIpc) is 3.17. The molecule has 0 bridgehead atoms. The van der Waals surface area contributed by atoms with Gasteiger partial charge in [-0.25, -0.2) is 13.2 Å². The number of amides is 2. The highest BCUT2D eigenvalue weighted by molar-refractivity contribution is 7.89. The van der Waals surface area contributed by atoms with E-state index in [1.165, 1.54) is 16.4 Å². The lowest BCUT2D eigenvalue weighted by atomic mass is 10.1. The minimum Gasteiger partial charge on any atom is -0.444 e. The van der Waals surface area contributed by atoms with Crippen LogP contribution in [0.1, 0.15) is 51.4 Å². The molecule has 1 aliphatic heterocycles. The first kappa shape index (κ1) is 24.1. The van der Waals surface area contributed by atoms with Crippen LogP contribution in [0.25, 0.3) is 0 Å². The van der Waals surface area contributed by atoms with Crippen LogP contribution in [0, 0.1) is 0 Å². The first-order valence-corrected chi connectivity index (χ1v) is 11.7. The Bertz CT molecular complexity index is 875. The van der Waals surface area contributed by atoms with Gasteiger partial charge >= 0.3 is 6.09 Å². The summed E-state index contributed by atoms with van der Waals surface area (Å²) in [6.45, 7) is 10.6. The molecular formula is C21H33N3O5S. The molecule has 1 atom stereocenters. The van der Waals surface area contributed by atoms with Gasteiger partial charge in [0.05, 0.1) is 10.9 Å². The van der Waals surface area contributed by atoms with E-state index in [1.807, 2.05) is 20.8 Å². The van der Waals surface area contributed by atoms with E-state index in [9.17, 15) is 18.0 Å². The fraction of sp³-hybridized carbons (Fsp3) is 0.619. The van der Waals surface area contributed by atoms with Gasteiger partial charge in [0.1, 0.15) is 5.60 Å². The first-order valence-electron chi connectivity index (χ1n) is 10.3. The number of ether oxygens (including phenoxy) is 1. The standard InChI is InChI=1S/C21H33N3O5S/c1-7-24(8-2)30(27,28)18-11-9-10-16(14-18)19(25)22(6)17-12-13-23(15-17)20(26)29-21(3,4)5/h9-11,14,17H,7-8,12-13,15H2,1-6H3/t17-/m0/s1. The highest BCUT2D eigenvalue weighted by Gasteiger charge is 2.34. The molecular weight excluding hydrogens is 406 g/mol. The summed E-state index contributed by atoms with van der Waals surface area (Å²) in [5.41, 5.74) is -0.269. The Labute approximate surface area is 179 Å². The lowest BCUT2D eigenvalue weighted by Gasteiger charge is -2.27. The van der Waals surface area contributed by atoms with Gasteiger partial charge in [0.2, 0.25) is 10.0 Å². The zero-order valence-corrected chi connectivity index (χ0v) is 19.5. The fourth-order valence-corrected chi connectivity index (χ4v) is 4.93. The summed E-state index contributed by atoms with van der Waals surface area (Å²) < 4.78 is 32.3. The van der Waals surface area contributed by atoms with Crippen molar-refractivity contribution in [2.45, 2.75) is 57.6 Å². The summed E-state index contributed by atoms with van der Waals surface area (Å²) in [7, 11) is -1.97. The normalized spacial score (nSPS) is 17.3. The van der Waals surface area contributed by atoms with E-state index in [0.29, 0.717) is 38.2 Å². The molecule has 0 aromatic heterocycles. The van der Waals surface area contributed by atoms with Crippen LogP contribution in [-0.2, 0) is 14.8 Å². The van der Waals surface area contributed by atoms with Crippen LogP contribution >= 0.6 is 0 Å². The molecule has 0 unspecified atom stereocenters. The van der Waals surface area contributed by atoms with Crippen LogP contribution in [0.2, 0.25) is 0 Å². The molecule has 0 saturated carbocycles. The van der Waals surface area contributed by atoms with Gasteiger partial charge < -0.3 is 14.5 Å². The monoisotopic (exact) mass is 439 g/mol. The maximum Gasteiger partial charge on any atom is 0.410 e. The van der Waals surface area contributed by atoms with Crippen molar-refractivity contribution in [2.24, 2.45) is 0 Å². The number of benzene rings is 1. The fourth-order valence-electron chi connectivity index (χ4n) is 3.42. The highest BCUT2D eigenvalue weighted by Crippen LogP contribution is 2.22. The van der Waals surface area contributed by atoms with Gasteiger partial charge in [-0.1, -0.05) is 19.9 Å². The Balaban J connectivity index is 2.13. The van der Waals surface area contributed by atoms with Crippen molar-refractivity contribution in [1.82, 2.24) is 14.1 Å². The maximum absolute atomic E-state index is 13.0. The number of sulfonamides is 1. The van der Waals surface area contributed by atoms with E-state index >= 15 is 0 Å². The van der Waals surface area contributed by atoms with Crippen LogP contribution < -0.4 is 0 Å². The van der Waals surface area contributed by atoms with Crippen LogP contribution in [0.4, 0.5) is 4.79 Å². The molecule has 0 aliphatic carbocycles. The summed E-state index contributed by atoms with van der Waals surface area (Å²) in [5, 5.41) is 0. The smallest absolute Gasteiger partial charge is 0.410 e. The van der Waals surface area contributed by atoms with Crippen LogP contribution in [0.15, 0.2) is 29.2 Å². The number of likely N-dealkylation sites (N-methyl/N-ethyl adjacent to an activating group) is 1. The van der Waals surface area contributed by atoms with Gasteiger partial charge in [-0.05, 0) is 45.4 Å². The minimum atomic E-state index is -3.65. The van der Waals surface area contributed by atoms with Gasteiger partial charge in [-0.15, -0.1) is 0 Å². The Morgan fingerprint density at radius 3 is 2.40 bits per heavy atom. The lowest BCUT2D eigenvalue weighted by Crippen LogP contribution is -2.41. The molecule has 1 aromatic carbocycles. The van der Waals surface area contributed by atoms with E-state index in [2.05, 4.69) is 0 Å². The van der Waals surface area contributed by atoms with Crippen molar-refractivity contribution in [3.8, 4) is 0 Å². The molecule has 1 saturated heterocycles. The van der Waals surface area contributed by atoms with Crippen molar-refractivity contribution >= 4 is 22.0 Å². The molecule has 2 rings (SSSR count). The number of hydrogen-bond acceptors (Lipinski definition) is 5. The molecule has 1 aromatic rings. The molecule has 0 spiro atoms. The Kier molecular flexibility index (Phi) is 7.52. The van der Waals surface area contributed by atoms with Crippen molar-refractivity contribution in [3.63, 3.8) is 0 Å². The summed E-state index contributed by atoms with van der Waals surface area (Å²) >= 11 is 0. The van der Waals surface area contributed by atoms with Crippen molar-refractivity contribution < 1.29 is 22.7 Å². The largest absolute Gasteiger partial charge is 0.444 e. The third-order valence-corrected chi connectivity index (χ3v) is 7.15. The molecule has 1 fully saturated rings. The summed E-state index contributed by atoms with van der Waals surface area (Å²) in [6, 6.07) is 5.96. The predicted molar refractivity (Wildman–Crippen MR) is 115 cm³/mol. The van der Waals surface area contributed by atoms with E-state index in [1.54, 1.807) is 42.8 Å². The number of nitrogens with zero attached hydrogens (tertiary/aromatic N) is 3. The summed E-state index contributed by atoms with van der Waals surface area (Å²) in [4.78, 5) is 28.6. The minimum absolute atomic E-state index is 0.104. The molecule has 1 aliphatic rings. The van der Waals surface area contributed by atoms with Crippen LogP contribution in [0.3, 0.4) is 0 Å². The second kappa shape index (κ2) is 9.34. The number of likely N-dealkylation sites (tertiary alicyclic amines) is 1. The van der Waals surface area contributed by atoms with E-state index in [-0.39, 0.29) is 16.8 Å². The Morgan fingerprint density at radius 2 is 1.83 bits per heavy atom. The Hall–Kier alpha value is -2.13. The lowest BCUT2D eigenvalue weighted by molar-refractivity contribution is 0.0279. The first-order chi connectivity index (χ1) is 13.9. The van der Waals surface area contributed by atoms with Gasteiger partial charge in [0, 0.05) is 38.8 Å². The van der Waals surface area contributed by atoms with Gasteiger partial charge in [-0.2, -0.15) is 4.31 Å². The molecule has 0 N–H and O–H groups in total. The van der Waals surface area contributed by atoms with E-state index in [4.69, 9.17) is 4.74 Å². The van der Waals surface area contributed by atoms with Crippen LogP contribution in [0.5, 0.6) is 0 Å². The number of carbonyl (C=O) groups is 2. The van der Waals surface area contributed by atoms with E-state index < -0.39 is 21.7 Å². The highest BCUT2D eigenvalue weighted by atomic mass is 32.2. The quantitative estimate of drug-likeness (QED) is 0.680.